The molecule has 0 aliphatic heterocycles. The van der Waals surface area contributed by atoms with Gasteiger partial charge in [0.1, 0.15) is 0 Å². The van der Waals surface area contributed by atoms with E-state index >= 15 is 0 Å². The van der Waals surface area contributed by atoms with Gasteiger partial charge >= 0.3 is 5.97 Å². The number of carbonyl (C=O) groups excluding carboxylic acids is 3. The number of nitrogens with one attached hydrogen (secondary N) is 2. The third-order valence-corrected chi connectivity index (χ3v) is 4.20. The van der Waals surface area contributed by atoms with Crippen LogP contribution in [0.5, 0.6) is 0 Å². The van der Waals surface area contributed by atoms with Crippen LogP contribution >= 0.6 is 0 Å². The molecule has 0 saturated heterocycles. The van der Waals surface area contributed by atoms with Gasteiger partial charge in [-0.2, -0.15) is 0 Å². The fourth-order valence-electron chi connectivity index (χ4n) is 2.83. The van der Waals surface area contributed by atoms with Crippen LogP contribution in [0.4, 0.5) is 5.69 Å². The normalized spacial score (nSPS) is 14.8. The van der Waals surface area contributed by atoms with E-state index in [0.29, 0.717) is 12.2 Å². The predicted molar refractivity (Wildman–Crippen MR) is 99.8 cm³/mol. The Labute approximate surface area is 154 Å². The molecule has 1 aliphatic carbocycles. The van der Waals surface area contributed by atoms with E-state index in [4.69, 9.17) is 4.74 Å². The van der Waals surface area contributed by atoms with E-state index in [0.717, 1.165) is 19.3 Å². The second-order valence-corrected chi connectivity index (χ2v) is 6.46. The van der Waals surface area contributed by atoms with Gasteiger partial charge in [0.2, 0.25) is 5.91 Å². The Balaban J connectivity index is 1.81. The van der Waals surface area contributed by atoms with Crippen LogP contribution in [0.3, 0.4) is 0 Å². The molecule has 2 amide bonds. The lowest BCUT2D eigenvalue weighted by atomic mass is 9.97. The highest BCUT2D eigenvalue weighted by molar-refractivity contribution is 5.95. The number of rotatable bonds is 7. The SMILES string of the molecule is CC(=O)Nc1cccc(C(=O)O[C@@H](C)C(=O)NCCC2=CCCCC2)c1. The Kier molecular flexibility index (Phi) is 7.38. The van der Waals surface area contributed by atoms with Crippen molar-refractivity contribution in [3.63, 3.8) is 0 Å². The fraction of sp³-hybridized carbons (Fsp3) is 0.450. The van der Waals surface area contributed by atoms with Crippen LogP contribution in [-0.2, 0) is 14.3 Å². The van der Waals surface area contributed by atoms with E-state index < -0.39 is 12.1 Å². The number of hydrogen-bond acceptors (Lipinski definition) is 4. The van der Waals surface area contributed by atoms with E-state index in [-0.39, 0.29) is 17.4 Å². The minimum Gasteiger partial charge on any atom is -0.449 e. The highest BCUT2D eigenvalue weighted by atomic mass is 16.5. The third kappa shape index (κ3) is 6.35. The number of hydrogen-bond donors (Lipinski definition) is 2. The van der Waals surface area contributed by atoms with Gasteiger partial charge in [-0.25, -0.2) is 4.79 Å². The lowest BCUT2D eigenvalue weighted by Crippen LogP contribution is -2.36. The first-order chi connectivity index (χ1) is 12.5. The molecule has 0 saturated carbocycles. The van der Waals surface area contributed by atoms with Crippen LogP contribution < -0.4 is 10.6 Å². The standard InChI is InChI=1S/C20H26N2O4/c1-14(19(24)21-12-11-16-7-4-3-5-8-16)26-20(25)17-9-6-10-18(13-17)22-15(2)23/h6-7,9-10,13-14H,3-5,8,11-12H2,1-2H3,(H,21,24)(H,22,23)/t14-/m0/s1. The smallest absolute Gasteiger partial charge is 0.338 e. The van der Waals surface area contributed by atoms with Gasteiger partial charge in [-0.1, -0.05) is 17.7 Å². The second kappa shape index (κ2) is 9.75. The second-order valence-electron chi connectivity index (χ2n) is 6.46. The summed E-state index contributed by atoms with van der Waals surface area (Å²) in [7, 11) is 0. The topological polar surface area (TPSA) is 84.5 Å². The number of ether oxygens (including phenoxy) is 1. The largest absolute Gasteiger partial charge is 0.449 e. The molecule has 2 rings (SSSR count). The monoisotopic (exact) mass is 358 g/mol. The van der Waals surface area contributed by atoms with Gasteiger partial charge in [0.25, 0.3) is 5.91 Å². The summed E-state index contributed by atoms with van der Waals surface area (Å²) < 4.78 is 5.22. The molecule has 26 heavy (non-hydrogen) atoms. The van der Waals surface area contributed by atoms with Crippen molar-refractivity contribution in [3.8, 4) is 0 Å². The van der Waals surface area contributed by atoms with Crippen LogP contribution in [0.1, 0.15) is 56.3 Å². The van der Waals surface area contributed by atoms with Gasteiger partial charge in [0.15, 0.2) is 6.10 Å². The van der Waals surface area contributed by atoms with Crippen molar-refractivity contribution in [2.24, 2.45) is 0 Å². The van der Waals surface area contributed by atoms with Crippen LogP contribution in [0.2, 0.25) is 0 Å². The Morgan fingerprint density at radius 2 is 2.04 bits per heavy atom. The van der Waals surface area contributed by atoms with E-state index in [2.05, 4.69) is 16.7 Å². The first kappa shape index (κ1) is 19.7. The number of benzene rings is 1. The molecule has 0 aromatic heterocycles. The van der Waals surface area contributed by atoms with Gasteiger partial charge in [-0.05, 0) is 57.2 Å². The van der Waals surface area contributed by atoms with Gasteiger partial charge in [-0.3, -0.25) is 9.59 Å². The fourth-order valence-corrected chi connectivity index (χ4v) is 2.83. The van der Waals surface area contributed by atoms with Crippen molar-refractivity contribution < 1.29 is 19.1 Å². The molecule has 0 spiro atoms. The van der Waals surface area contributed by atoms with Crippen molar-refractivity contribution in [2.75, 3.05) is 11.9 Å². The summed E-state index contributed by atoms with van der Waals surface area (Å²) in [6, 6.07) is 6.41. The van der Waals surface area contributed by atoms with Crippen molar-refractivity contribution >= 4 is 23.5 Å². The molecule has 2 N–H and O–H groups in total. The van der Waals surface area contributed by atoms with Crippen LogP contribution in [0.15, 0.2) is 35.9 Å². The lowest BCUT2D eigenvalue weighted by Gasteiger charge is -2.16. The predicted octanol–water partition coefficient (Wildman–Crippen LogP) is 3.20. The molecular weight excluding hydrogens is 332 g/mol. The molecule has 1 aromatic rings. The molecule has 1 aliphatic rings. The van der Waals surface area contributed by atoms with E-state index in [1.54, 1.807) is 25.1 Å². The molecule has 0 bridgehead atoms. The molecule has 1 atom stereocenters. The van der Waals surface area contributed by atoms with E-state index in [9.17, 15) is 14.4 Å². The Morgan fingerprint density at radius 3 is 2.73 bits per heavy atom. The van der Waals surface area contributed by atoms with Crippen molar-refractivity contribution in [1.82, 2.24) is 5.32 Å². The van der Waals surface area contributed by atoms with E-state index in [1.165, 1.54) is 31.4 Å². The average Bonchev–Trinajstić information content (AvgIpc) is 2.62. The maximum Gasteiger partial charge on any atom is 0.338 e. The molecule has 6 nitrogen and oxygen atoms in total. The number of esters is 1. The van der Waals surface area contributed by atoms with Crippen LogP contribution in [0.25, 0.3) is 0 Å². The summed E-state index contributed by atoms with van der Waals surface area (Å²) in [4.78, 5) is 35.4. The van der Waals surface area contributed by atoms with Crippen LogP contribution in [0, 0.1) is 0 Å². The summed E-state index contributed by atoms with van der Waals surface area (Å²) >= 11 is 0. The number of carbonyl (C=O) groups is 3. The molecule has 0 unspecified atom stereocenters. The van der Waals surface area contributed by atoms with Gasteiger partial charge in [0.05, 0.1) is 5.56 Å². The zero-order chi connectivity index (χ0) is 18.9. The molecule has 0 radical (unpaired) electrons. The minimum absolute atomic E-state index is 0.226. The lowest BCUT2D eigenvalue weighted by molar-refractivity contribution is -0.129. The molecule has 0 heterocycles. The zero-order valence-electron chi connectivity index (χ0n) is 15.3. The Bertz CT molecular complexity index is 697. The minimum atomic E-state index is -0.882. The summed E-state index contributed by atoms with van der Waals surface area (Å²) in [5, 5.41) is 5.41. The summed E-state index contributed by atoms with van der Waals surface area (Å²) in [6.07, 6.45) is 6.89. The third-order valence-electron chi connectivity index (χ3n) is 4.20. The number of amides is 2. The number of allylic oxidation sites excluding steroid dienone is 1. The molecule has 6 heteroatoms. The first-order valence-corrected chi connectivity index (χ1v) is 9.00. The number of anilines is 1. The van der Waals surface area contributed by atoms with Crippen LogP contribution in [-0.4, -0.2) is 30.4 Å². The Hall–Kier alpha value is -2.63. The summed E-state index contributed by atoms with van der Waals surface area (Å²) in [6.45, 7) is 3.48. The van der Waals surface area contributed by atoms with Crippen molar-refractivity contribution in [2.45, 2.75) is 52.1 Å². The van der Waals surface area contributed by atoms with Crippen molar-refractivity contribution in [1.29, 1.82) is 0 Å². The zero-order valence-corrected chi connectivity index (χ0v) is 15.3. The Morgan fingerprint density at radius 1 is 1.23 bits per heavy atom. The van der Waals surface area contributed by atoms with E-state index in [1.807, 2.05) is 0 Å². The first-order valence-electron chi connectivity index (χ1n) is 9.00. The van der Waals surface area contributed by atoms with Gasteiger partial charge in [-0.15, -0.1) is 0 Å². The maximum atomic E-state index is 12.2. The molecular formula is C20H26N2O4. The maximum absolute atomic E-state index is 12.2. The summed E-state index contributed by atoms with van der Waals surface area (Å²) in [5.74, 6) is -1.14. The molecule has 140 valence electrons. The average molecular weight is 358 g/mol. The highest BCUT2D eigenvalue weighted by Gasteiger charge is 2.19. The summed E-state index contributed by atoms with van der Waals surface area (Å²) in [5.41, 5.74) is 2.17. The van der Waals surface area contributed by atoms with Crippen molar-refractivity contribution in [3.05, 3.63) is 41.5 Å². The molecule has 0 fully saturated rings. The van der Waals surface area contributed by atoms with Gasteiger partial charge in [0, 0.05) is 19.2 Å². The highest BCUT2D eigenvalue weighted by Crippen LogP contribution is 2.19. The quantitative estimate of drug-likeness (QED) is 0.579. The van der Waals surface area contributed by atoms with Gasteiger partial charge < -0.3 is 15.4 Å². The molecule has 1 aromatic carbocycles.